The highest BCUT2D eigenvalue weighted by atomic mass is 32.2. The Morgan fingerprint density at radius 1 is 1.00 bits per heavy atom. The first-order valence-corrected chi connectivity index (χ1v) is 15.1. The van der Waals surface area contributed by atoms with Gasteiger partial charge >= 0.3 is 0 Å². The molecule has 9 N–H and O–H groups in total. The smallest absolute Gasteiger partial charge is 0.253 e. The molecule has 0 saturated heterocycles. The number of H-pyrrole nitrogens is 1. The Morgan fingerprint density at radius 2 is 1.70 bits per heavy atom. The zero-order valence-corrected chi connectivity index (χ0v) is 25.1. The molecule has 3 aromatic carbocycles. The number of hydrogen-bond acceptors (Lipinski definition) is 10. The molecule has 1 heterocycles. The molecule has 0 aliphatic heterocycles. The first kappa shape index (κ1) is 32.4. The van der Waals surface area contributed by atoms with Crippen LogP contribution in [0.1, 0.15) is 15.9 Å². The van der Waals surface area contributed by atoms with Gasteiger partial charge in [-0.3, -0.25) is 10.2 Å². The van der Waals surface area contributed by atoms with E-state index in [-0.39, 0.29) is 63.5 Å². The lowest BCUT2D eigenvalue weighted by Gasteiger charge is -2.19. The number of rotatable bonds is 14. The number of likely N-dealkylation sites (N-methyl/N-ethyl adjacent to an activating group) is 2. The van der Waals surface area contributed by atoms with Crippen LogP contribution in [0, 0.1) is 5.41 Å². The van der Waals surface area contributed by atoms with Crippen molar-refractivity contribution in [2.75, 3.05) is 53.6 Å². The van der Waals surface area contributed by atoms with E-state index >= 15 is 0 Å². The number of primary sulfonamides is 1. The number of ether oxygens (including phenoxy) is 2. The zero-order chi connectivity index (χ0) is 32.0. The van der Waals surface area contributed by atoms with E-state index in [1.807, 2.05) is 7.05 Å². The fraction of sp³-hybridized carbons (Fsp3) is 0.276. The van der Waals surface area contributed by atoms with Crippen LogP contribution in [-0.2, 0) is 19.5 Å². The van der Waals surface area contributed by atoms with Gasteiger partial charge in [-0.05, 0) is 55.6 Å². The highest BCUT2D eigenvalue weighted by Crippen LogP contribution is 2.43. The number of carbonyl (C=O) groups is 1. The van der Waals surface area contributed by atoms with Gasteiger partial charge in [0.05, 0.1) is 47.9 Å². The second-order valence-electron chi connectivity index (χ2n) is 9.93. The molecular weight excluding hydrogens is 590 g/mol. The number of nitrogens with two attached hydrogens (primary N) is 2. The van der Waals surface area contributed by atoms with Crippen LogP contribution in [0.5, 0.6) is 11.5 Å². The molecule has 4 rings (SSSR count). The number of phenols is 2. The van der Waals surface area contributed by atoms with Crippen molar-refractivity contribution in [1.29, 1.82) is 5.41 Å². The Labute approximate surface area is 254 Å². The van der Waals surface area contributed by atoms with Gasteiger partial charge in [-0.1, -0.05) is 0 Å². The predicted molar refractivity (Wildman–Crippen MR) is 165 cm³/mol. The number of aromatic amines is 1. The highest BCUT2D eigenvalue weighted by Gasteiger charge is 2.23. The first-order valence-electron chi connectivity index (χ1n) is 13.5. The topological polar surface area (TPSA) is 230 Å². The molecule has 0 radical (unpaired) electrons. The van der Waals surface area contributed by atoms with E-state index in [1.165, 1.54) is 17.0 Å². The maximum absolute atomic E-state index is 13.6. The summed E-state index contributed by atoms with van der Waals surface area (Å²) in [4.78, 5) is 22.3. The molecular formula is C29H35N7O7S. The molecule has 234 valence electrons. The average molecular weight is 626 g/mol. The van der Waals surface area contributed by atoms with Crippen LogP contribution in [0.4, 0.5) is 0 Å². The third kappa shape index (κ3) is 7.50. The van der Waals surface area contributed by atoms with Crippen LogP contribution in [0.15, 0.2) is 53.4 Å². The average Bonchev–Trinajstić information content (AvgIpc) is 3.41. The maximum Gasteiger partial charge on any atom is 0.253 e. The summed E-state index contributed by atoms with van der Waals surface area (Å²) in [5, 5.41) is 38.1. The number of aromatic nitrogens is 2. The van der Waals surface area contributed by atoms with Crippen LogP contribution in [0.2, 0.25) is 0 Å². The number of nitrogens with one attached hydrogen (secondary N) is 3. The molecule has 0 atom stereocenters. The van der Waals surface area contributed by atoms with E-state index in [2.05, 4.69) is 15.3 Å². The first-order chi connectivity index (χ1) is 20.9. The van der Waals surface area contributed by atoms with Crippen LogP contribution in [0.3, 0.4) is 0 Å². The largest absolute Gasteiger partial charge is 0.507 e. The van der Waals surface area contributed by atoms with Crippen LogP contribution in [-0.4, -0.2) is 98.9 Å². The molecule has 0 aliphatic carbocycles. The number of fused-ring (bicyclic) bond motifs is 1. The standard InChI is InChI=1S/C29H35N7O7S/c1-33-7-9-42-11-12-43-10-8-36(2)29(39)18-13-21(20-16-19(44(32,40)41)4-6-25(20)37)26(38)22(14-18)28-34-23-5-3-17(27(30)31)15-24(23)35-28/h3-6,13-16,33,37-38H,7-12H2,1-2H3,(H3,30,31)(H,34,35)(H2,32,40,41). The van der Waals surface area contributed by atoms with E-state index in [9.17, 15) is 23.4 Å². The van der Waals surface area contributed by atoms with Crippen molar-refractivity contribution in [1.82, 2.24) is 20.2 Å². The number of aromatic hydroxyl groups is 2. The Balaban J connectivity index is 1.72. The Morgan fingerprint density at radius 3 is 2.39 bits per heavy atom. The van der Waals surface area contributed by atoms with E-state index < -0.39 is 15.9 Å². The SMILES string of the molecule is CNCCOCCOCCN(C)C(=O)c1cc(-c2nc3ccc(C(=N)N)cc3[nH]2)c(O)c(-c2cc(S(N)(=O)=O)ccc2O)c1. The number of phenolic OH excluding ortho intramolecular Hbond substituents is 2. The molecule has 0 fully saturated rings. The van der Waals surface area contributed by atoms with Crippen molar-refractivity contribution in [3.05, 3.63) is 59.7 Å². The van der Waals surface area contributed by atoms with Crippen LogP contribution >= 0.6 is 0 Å². The summed E-state index contributed by atoms with van der Waals surface area (Å²) in [5.41, 5.74) is 7.24. The van der Waals surface area contributed by atoms with Gasteiger partial charge in [0.15, 0.2) is 0 Å². The van der Waals surface area contributed by atoms with E-state index in [0.29, 0.717) is 36.4 Å². The second kappa shape index (κ2) is 13.8. The third-order valence-corrected chi connectivity index (χ3v) is 7.69. The molecule has 15 heteroatoms. The minimum absolute atomic E-state index is 0.0258. The lowest BCUT2D eigenvalue weighted by Crippen LogP contribution is -2.30. The fourth-order valence-corrected chi connectivity index (χ4v) is 4.92. The number of hydrogen-bond donors (Lipinski definition) is 7. The van der Waals surface area contributed by atoms with Gasteiger partial charge in [-0.15, -0.1) is 0 Å². The molecule has 0 saturated carbocycles. The number of amidine groups is 1. The van der Waals surface area contributed by atoms with Crippen molar-refractivity contribution in [2.45, 2.75) is 4.90 Å². The Bertz CT molecular complexity index is 1790. The number of nitrogen functional groups attached to an aromatic ring is 1. The van der Waals surface area contributed by atoms with Crippen molar-refractivity contribution < 1.29 is 32.9 Å². The molecule has 0 bridgehead atoms. The summed E-state index contributed by atoms with van der Waals surface area (Å²) in [7, 11) is -0.735. The molecule has 0 aliphatic rings. The molecule has 0 spiro atoms. The number of nitrogens with zero attached hydrogens (tertiary/aromatic N) is 2. The summed E-state index contributed by atoms with van der Waals surface area (Å²) < 4.78 is 35.1. The van der Waals surface area contributed by atoms with Gasteiger partial charge in [0, 0.05) is 42.4 Å². The van der Waals surface area contributed by atoms with Crippen molar-refractivity contribution in [2.24, 2.45) is 10.9 Å². The lowest BCUT2D eigenvalue weighted by atomic mass is 9.96. The summed E-state index contributed by atoms with van der Waals surface area (Å²) in [5.74, 6) is -1.12. The molecule has 0 unspecified atom stereocenters. The number of imidazole rings is 1. The highest BCUT2D eigenvalue weighted by molar-refractivity contribution is 7.89. The van der Waals surface area contributed by atoms with Crippen molar-refractivity contribution >= 4 is 32.8 Å². The number of carbonyl (C=O) groups excluding carboxylic acids is 1. The quantitative estimate of drug-likeness (QED) is 0.0607. The molecule has 14 nitrogen and oxygen atoms in total. The third-order valence-electron chi connectivity index (χ3n) is 6.78. The van der Waals surface area contributed by atoms with Gasteiger partial charge in [0.25, 0.3) is 5.91 Å². The van der Waals surface area contributed by atoms with Gasteiger partial charge in [-0.25, -0.2) is 18.5 Å². The Kier molecular flexibility index (Phi) is 10.2. The number of benzene rings is 3. The van der Waals surface area contributed by atoms with E-state index in [1.54, 1.807) is 25.2 Å². The molecule has 4 aromatic rings. The van der Waals surface area contributed by atoms with Crippen LogP contribution < -0.4 is 16.2 Å². The lowest BCUT2D eigenvalue weighted by molar-refractivity contribution is 0.0398. The minimum atomic E-state index is -4.16. The fourth-order valence-electron chi connectivity index (χ4n) is 4.38. The predicted octanol–water partition coefficient (Wildman–Crippen LogP) is 1.56. The molecule has 1 amide bonds. The zero-order valence-electron chi connectivity index (χ0n) is 24.3. The normalized spacial score (nSPS) is 11.6. The molecule has 1 aromatic heterocycles. The minimum Gasteiger partial charge on any atom is -0.507 e. The van der Waals surface area contributed by atoms with Gasteiger partial charge < -0.3 is 40.6 Å². The number of sulfonamides is 1. The van der Waals surface area contributed by atoms with Gasteiger partial charge in [0.1, 0.15) is 23.2 Å². The Hall–Kier alpha value is -4.54. The second-order valence-corrected chi connectivity index (χ2v) is 11.5. The summed E-state index contributed by atoms with van der Waals surface area (Å²) in [6, 6.07) is 11.1. The van der Waals surface area contributed by atoms with Crippen molar-refractivity contribution in [3.8, 4) is 34.0 Å². The van der Waals surface area contributed by atoms with Gasteiger partial charge in [-0.2, -0.15) is 0 Å². The summed E-state index contributed by atoms with van der Waals surface area (Å²) in [6.07, 6.45) is 0. The van der Waals surface area contributed by atoms with E-state index in [4.69, 9.17) is 25.8 Å². The van der Waals surface area contributed by atoms with E-state index in [0.717, 1.165) is 24.7 Å². The molecule has 44 heavy (non-hydrogen) atoms. The number of amides is 1. The van der Waals surface area contributed by atoms with Crippen LogP contribution in [0.25, 0.3) is 33.5 Å². The summed E-state index contributed by atoms with van der Waals surface area (Å²) >= 11 is 0. The summed E-state index contributed by atoms with van der Waals surface area (Å²) in [6.45, 7) is 2.54. The monoisotopic (exact) mass is 625 g/mol. The van der Waals surface area contributed by atoms with Crippen molar-refractivity contribution in [3.63, 3.8) is 0 Å². The maximum atomic E-state index is 13.6. The van der Waals surface area contributed by atoms with Gasteiger partial charge in [0.2, 0.25) is 10.0 Å².